The average molecular weight is 439 g/mol. The van der Waals surface area contributed by atoms with Crippen LogP contribution in [0.15, 0.2) is 42.7 Å². The first-order valence-electron chi connectivity index (χ1n) is 10.1. The molecule has 2 N–H and O–H groups in total. The van der Waals surface area contributed by atoms with Crippen LogP contribution in [0.1, 0.15) is 17.4 Å². The molecule has 0 amide bonds. The number of nitrogen functional groups attached to an aromatic ring is 1. The fourth-order valence-electron chi connectivity index (χ4n) is 4.15. The number of hydrogen-bond acceptors (Lipinski definition) is 7. The summed E-state index contributed by atoms with van der Waals surface area (Å²) < 4.78 is 0. The van der Waals surface area contributed by atoms with Crippen molar-refractivity contribution in [3.63, 3.8) is 0 Å². The van der Waals surface area contributed by atoms with E-state index in [1.807, 2.05) is 18.2 Å². The molecule has 1 aliphatic heterocycles. The lowest BCUT2D eigenvalue weighted by Gasteiger charge is -2.39. The van der Waals surface area contributed by atoms with Gasteiger partial charge in [0.15, 0.2) is 0 Å². The summed E-state index contributed by atoms with van der Waals surface area (Å²) in [6.45, 7) is 7.32. The standard InChI is InChI=1S/C22H23ClN6S/c1-14-10-28(11-15-2-4-18-19(8-15)25-13-26-21(18)24)6-7-29(14)12-17-9-16-3-5-20(23)27-22(16)30-17/h2-5,8-9,13-14H,6-7,10-12H2,1H3,(H2,24,25,26)/t14-/m0/s1. The minimum atomic E-state index is 0.485. The molecule has 0 spiro atoms. The zero-order valence-corrected chi connectivity index (χ0v) is 18.3. The minimum absolute atomic E-state index is 0.485. The summed E-state index contributed by atoms with van der Waals surface area (Å²) in [4.78, 5) is 20.3. The van der Waals surface area contributed by atoms with Gasteiger partial charge < -0.3 is 5.73 Å². The van der Waals surface area contributed by atoms with Gasteiger partial charge >= 0.3 is 0 Å². The number of hydrogen-bond donors (Lipinski definition) is 1. The first kappa shape index (κ1) is 19.6. The van der Waals surface area contributed by atoms with Crippen LogP contribution < -0.4 is 5.73 Å². The van der Waals surface area contributed by atoms with Crippen molar-refractivity contribution in [2.24, 2.45) is 0 Å². The zero-order valence-electron chi connectivity index (χ0n) is 16.8. The Labute approximate surface area is 184 Å². The third-order valence-corrected chi connectivity index (χ3v) is 6.99. The molecule has 3 aromatic heterocycles. The summed E-state index contributed by atoms with van der Waals surface area (Å²) in [6.07, 6.45) is 1.53. The molecule has 0 bridgehead atoms. The lowest BCUT2D eigenvalue weighted by atomic mass is 10.1. The second-order valence-electron chi connectivity index (χ2n) is 7.91. The Morgan fingerprint density at radius 2 is 2.03 bits per heavy atom. The van der Waals surface area contributed by atoms with Gasteiger partial charge in [-0.15, -0.1) is 11.3 Å². The first-order valence-corrected chi connectivity index (χ1v) is 11.2. The Morgan fingerprint density at radius 1 is 1.13 bits per heavy atom. The largest absolute Gasteiger partial charge is 0.383 e. The zero-order chi connectivity index (χ0) is 20.7. The van der Waals surface area contributed by atoms with Crippen LogP contribution in [0.4, 0.5) is 5.82 Å². The molecular formula is C22H23ClN6S. The molecular weight excluding hydrogens is 416 g/mol. The topological polar surface area (TPSA) is 71.2 Å². The van der Waals surface area contributed by atoms with Gasteiger partial charge in [-0.2, -0.15) is 0 Å². The number of nitrogens with zero attached hydrogens (tertiary/aromatic N) is 5. The van der Waals surface area contributed by atoms with Gasteiger partial charge in [0, 0.05) is 54.4 Å². The number of halogens is 1. The number of nitrogens with two attached hydrogens (primary N) is 1. The summed E-state index contributed by atoms with van der Waals surface area (Å²) in [5.41, 5.74) is 8.11. The van der Waals surface area contributed by atoms with Crippen LogP contribution in [0.3, 0.4) is 0 Å². The summed E-state index contributed by atoms with van der Waals surface area (Å²) in [7, 11) is 0. The molecule has 4 aromatic rings. The van der Waals surface area contributed by atoms with Gasteiger partial charge in [0.1, 0.15) is 22.1 Å². The van der Waals surface area contributed by atoms with Gasteiger partial charge in [0.2, 0.25) is 0 Å². The fourth-order valence-corrected chi connectivity index (χ4v) is 5.41. The normalized spacial score (nSPS) is 18.4. The average Bonchev–Trinajstić information content (AvgIpc) is 3.12. The second-order valence-corrected chi connectivity index (χ2v) is 9.41. The van der Waals surface area contributed by atoms with E-state index in [1.54, 1.807) is 11.3 Å². The van der Waals surface area contributed by atoms with Crippen LogP contribution in [-0.4, -0.2) is 50.4 Å². The summed E-state index contributed by atoms with van der Waals surface area (Å²) in [5, 5.41) is 2.64. The highest BCUT2D eigenvalue weighted by atomic mass is 35.5. The number of aromatic nitrogens is 3. The fraction of sp³-hybridized carbons (Fsp3) is 0.318. The Balaban J connectivity index is 1.24. The predicted molar refractivity (Wildman–Crippen MR) is 124 cm³/mol. The molecule has 0 saturated carbocycles. The van der Waals surface area contributed by atoms with Crippen molar-refractivity contribution in [3.05, 3.63) is 58.3 Å². The molecule has 1 aliphatic rings. The number of pyridine rings is 1. The molecule has 0 radical (unpaired) electrons. The van der Waals surface area contributed by atoms with Crippen LogP contribution >= 0.6 is 22.9 Å². The number of thiophene rings is 1. The van der Waals surface area contributed by atoms with E-state index in [4.69, 9.17) is 17.3 Å². The monoisotopic (exact) mass is 438 g/mol. The number of anilines is 1. The third-order valence-electron chi connectivity index (χ3n) is 5.75. The van der Waals surface area contributed by atoms with Crippen molar-refractivity contribution in [2.45, 2.75) is 26.1 Å². The predicted octanol–water partition coefficient (Wildman–Crippen LogP) is 4.18. The van der Waals surface area contributed by atoms with Crippen molar-refractivity contribution in [1.29, 1.82) is 0 Å². The van der Waals surface area contributed by atoms with Gasteiger partial charge in [-0.3, -0.25) is 9.80 Å². The SMILES string of the molecule is C[C@H]1CN(Cc2ccc3c(N)ncnc3c2)CCN1Cc1cc2ccc(Cl)nc2s1. The van der Waals surface area contributed by atoms with E-state index >= 15 is 0 Å². The maximum atomic E-state index is 6.03. The molecule has 0 unspecified atom stereocenters. The Bertz CT molecular complexity index is 1210. The number of fused-ring (bicyclic) bond motifs is 2. The highest BCUT2D eigenvalue weighted by Gasteiger charge is 2.24. The van der Waals surface area contributed by atoms with Gasteiger partial charge in [0.25, 0.3) is 0 Å². The van der Waals surface area contributed by atoms with E-state index in [0.29, 0.717) is 17.0 Å². The van der Waals surface area contributed by atoms with Crippen molar-refractivity contribution < 1.29 is 0 Å². The second kappa shape index (κ2) is 8.07. The van der Waals surface area contributed by atoms with Gasteiger partial charge in [-0.05, 0) is 42.8 Å². The molecule has 1 atom stereocenters. The molecule has 8 heteroatoms. The van der Waals surface area contributed by atoms with Crippen LogP contribution in [0, 0.1) is 0 Å². The summed E-state index contributed by atoms with van der Waals surface area (Å²) >= 11 is 7.77. The van der Waals surface area contributed by atoms with Crippen molar-refractivity contribution in [3.8, 4) is 0 Å². The Morgan fingerprint density at radius 3 is 2.90 bits per heavy atom. The van der Waals surface area contributed by atoms with Crippen LogP contribution in [0.2, 0.25) is 5.15 Å². The molecule has 4 heterocycles. The van der Waals surface area contributed by atoms with E-state index in [9.17, 15) is 0 Å². The Hall–Kier alpha value is -2.32. The molecule has 1 saturated heterocycles. The highest BCUT2D eigenvalue weighted by molar-refractivity contribution is 7.18. The highest BCUT2D eigenvalue weighted by Crippen LogP contribution is 2.28. The van der Waals surface area contributed by atoms with Crippen molar-refractivity contribution in [2.75, 3.05) is 25.4 Å². The van der Waals surface area contributed by atoms with Crippen LogP contribution in [0.5, 0.6) is 0 Å². The first-order chi connectivity index (χ1) is 14.5. The van der Waals surface area contributed by atoms with Gasteiger partial charge in [-0.25, -0.2) is 15.0 Å². The lowest BCUT2D eigenvalue weighted by molar-refractivity contribution is 0.0741. The van der Waals surface area contributed by atoms with Crippen molar-refractivity contribution >= 4 is 49.9 Å². The van der Waals surface area contributed by atoms with E-state index < -0.39 is 0 Å². The maximum Gasteiger partial charge on any atom is 0.134 e. The van der Waals surface area contributed by atoms with E-state index in [0.717, 1.165) is 48.5 Å². The van der Waals surface area contributed by atoms with Gasteiger partial charge in [0.05, 0.1) is 5.52 Å². The molecule has 0 aliphatic carbocycles. The van der Waals surface area contributed by atoms with Gasteiger partial charge in [-0.1, -0.05) is 17.7 Å². The molecule has 1 fully saturated rings. The van der Waals surface area contributed by atoms with Crippen molar-refractivity contribution in [1.82, 2.24) is 24.8 Å². The molecule has 154 valence electrons. The maximum absolute atomic E-state index is 6.03. The third kappa shape index (κ3) is 3.98. The summed E-state index contributed by atoms with van der Waals surface area (Å²) in [5.74, 6) is 0.535. The number of benzene rings is 1. The molecule has 1 aromatic carbocycles. The van der Waals surface area contributed by atoms with E-state index in [1.165, 1.54) is 22.2 Å². The number of piperazine rings is 1. The smallest absolute Gasteiger partial charge is 0.134 e. The van der Waals surface area contributed by atoms with Crippen LogP contribution in [0.25, 0.3) is 21.1 Å². The minimum Gasteiger partial charge on any atom is -0.383 e. The van der Waals surface area contributed by atoms with Crippen LogP contribution in [-0.2, 0) is 13.1 Å². The van der Waals surface area contributed by atoms with E-state index in [-0.39, 0.29) is 0 Å². The molecule has 6 nitrogen and oxygen atoms in total. The molecule has 5 rings (SSSR count). The number of rotatable bonds is 4. The Kier molecular flexibility index (Phi) is 5.28. The summed E-state index contributed by atoms with van der Waals surface area (Å²) in [6, 6.07) is 12.9. The molecule has 30 heavy (non-hydrogen) atoms. The van der Waals surface area contributed by atoms with E-state index in [2.05, 4.69) is 49.9 Å². The lowest BCUT2D eigenvalue weighted by Crippen LogP contribution is -2.50. The quantitative estimate of drug-likeness (QED) is 0.482.